The van der Waals surface area contributed by atoms with Crippen LogP contribution in [0, 0.1) is 12.8 Å². The molecular weight excluding hydrogens is 324 g/mol. The number of methoxy groups -OCH3 is 1. The number of hydrogen-bond acceptors (Lipinski definition) is 4. The van der Waals surface area contributed by atoms with E-state index >= 15 is 0 Å². The molecule has 3 rings (SSSR count). The number of benzene rings is 1. The molecule has 2 aliphatic rings. The van der Waals surface area contributed by atoms with Crippen LogP contribution in [0.4, 0.5) is 5.69 Å². The van der Waals surface area contributed by atoms with Crippen molar-refractivity contribution in [2.24, 2.45) is 5.92 Å². The third-order valence-electron chi connectivity index (χ3n) is 4.98. The highest BCUT2D eigenvalue weighted by Gasteiger charge is 2.45. The summed E-state index contributed by atoms with van der Waals surface area (Å²) in [6.07, 6.45) is 0.1000. The summed E-state index contributed by atoms with van der Waals surface area (Å²) < 4.78 is 5.22. The lowest BCUT2D eigenvalue weighted by atomic mass is 10.1. The van der Waals surface area contributed by atoms with Gasteiger partial charge in [-0.15, -0.1) is 0 Å². The first-order valence-electron chi connectivity index (χ1n) is 8.33. The largest absolute Gasteiger partial charge is 0.480 e. The van der Waals surface area contributed by atoms with Crippen LogP contribution in [0.2, 0.25) is 0 Å². The number of carboxylic acids is 1. The summed E-state index contributed by atoms with van der Waals surface area (Å²) in [5, 5.41) is 9.37. The summed E-state index contributed by atoms with van der Waals surface area (Å²) in [4.78, 5) is 39.6. The van der Waals surface area contributed by atoms with Crippen molar-refractivity contribution >= 4 is 23.5 Å². The van der Waals surface area contributed by atoms with Gasteiger partial charge >= 0.3 is 5.97 Å². The molecule has 2 aliphatic heterocycles. The predicted molar refractivity (Wildman–Crippen MR) is 90.2 cm³/mol. The maximum Gasteiger partial charge on any atom is 0.326 e. The molecule has 134 valence electrons. The van der Waals surface area contributed by atoms with Crippen LogP contribution in [0.15, 0.2) is 24.3 Å². The zero-order valence-corrected chi connectivity index (χ0v) is 14.3. The van der Waals surface area contributed by atoms with E-state index in [1.54, 1.807) is 4.90 Å². The van der Waals surface area contributed by atoms with Crippen LogP contribution in [-0.2, 0) is 19.1 Å². The smallest absolute Gasteiger partial charge is 0.326 e. The van der Waals surface area contributed by atoms with Gasteiger partial charge in [0.25, 0.3) is 0 Å². The van der Waals surface area contributed by atoms with Gasteiger partial charge in [-0.2, -0.15) is 0 Å². The van der Waals surface area contributed by atoms with Crippen molar-refractivity contribution in [1.29, 1.82) is 0 Å². The van der Waals surface area contributed by atoms with Crippen molar-refractivity contribution < 1.29 is 24.2 Å². The van der Waals surface area contributed by atoms with Gasteiger partial charge in [-0.25, -0.2) is 4.79 Å². The number of aliphatic carboxylic acids is 1. The van der Waals surface area contributed by atoms with Crippen LogP contribution >= 0.6 is 0 Å². The van der Waals surface area contributed by atoms with Crippen molar-refractivity contribution in [2.75, 3.05) is 25.1 Å². The Hall–Kier alpha value is -2.41. The van der Waals surface area contributed by atoms with E-state index in [0.29, 0.717) is 0 Å². The molecule has 0 aromatic heterocycles. The molecular formula is C18H22N2O5. The number of likely N-dealkylation sites (tertiary alicyclic amines) is 1. The zero-order valence-electron chi connectivity index (χ0n) is 14.3. The molecule has 2 fully saturated rings. The van der Waals surface area contributed by atoms with Gasteiger partial charge in [0.2, 0.25) is 11.8 Å². The van der Waals surface area contributed by atoms with Gasteiger partial charge in [-0.3, -0.25) is 9.59 Å². The highest BCUT2D eigenvalue weighted by molar-refractivity contribution is 6.01. The molecule has 0 saturated carbocycles. The fourth-order valence-electron chi connectivity index (χ4n) is 3.53. The predicted octanol–water partition coefficient (Wildman–Crippen LogP) is 1.05. The number of rotatable bonds is 4. The molecule has 0 spiro atoms. The van der Waals surface area contributed by atoms with Gasteiger partial charge in [0.05, 0.1) is 12.0 Å². The molecule has 2 heterocycles. The standard InChI is InChI=1S/C18H22N2O5/c1-11-3-5-13(6-4-11)19-9-12(7-16(19)21)17(22)20-10-14(25-2)8-15(20)18(23)24/h3-6,12,14-15H,7-10H2,1-2H3,(H,23,24). The van der Waals surface area contributed by atoms with E-state index in [-0.39, 0.29) is 43.8 Å². The first kappa shape index (κ1) is 17.4. The first-order chi connectivity index (χ1) is 11.9. The van der Waals surface area contributed by atoms with Crippen LogP contribution in [0.1, 0.15) is 18.4 Å². The first-order valence-corrected chi connectivity index (χ1v) is 8.33. The number of hydrogen-bond donors (Lipinski definition) is 1. The average molecular weight is 346 g/mol. The number of carbonyl (C=O) groups excluding carboxylic acids is 2. The molecule has 2 amide bonds. The monoisotopic (exact) mass is 346 g/mol. The molecule has 3 unspecified atom stereocenters. The third kappa shape index (κ3) is 3.37. The molecule has 0 bridgehead atoms. The Bertz CT molecular complexity index is 687. The summed E-state index contributed by atoms with van der Waals surface area (Å²) in [5.41, 5.74) is 1.85. The van der Waals surface area contributed by atoms with E-state index in [9.17, 15) is 19.5 Å². The van der Waals surface area contributed by atoms with E-state index < -0.39 is 17.9 Å². The van der Waals surface area contributed by atoms with Crippen molar-refractivity contribution in [3.05, 3.63) is 29.8 Å². The van der Waals surface area contributed by atoms with E-state index in [0.717, 1.165) is 11.3 Å². The number of amides is 2. The third-order valence-corrected chi connectivity index (χ3v) is 4.98. The Balaban J connectivity index is 1.74. The Morgan fingerprint density at radius 2 is 1.88 bits per heavy atom. The van der Waals surface area contributed by atoms with Gasteiger partial charge in [0.15, 0.2) is 0 Å². The fraction of sp³-hybridized carbons (Fsp3) is 0.500. The maximum atomic E-state index is 12.8. The second kappa shape index (κ2) is 6.84. The molecule has 0 aliphatic carbocycles. The molecule has 1 aromatic carbocycles. The van der Waals surface area contributed by atoms with Gasteiger partial charge in [0.1, 0.15) is 6.04 Å². The fourth-order valence-corrected chi connectivity index (χ4v) is 3.53. The van der Waals surface area contributed by atoms with Crippen molar-refractivity contribution in [3.8, 4) is 0 Å². The summed E-state index contributed by atoms with van der Waals surface area (Å²) in [6, 6.07) is 6.67. The lowest BCUT2D eigenvalue weighted by Gasteiger charge is -2.24. The van der Waals surface area contributed by atoms with Crippen LogP contribution in [0.3, 0.4) is 0 Å². The number of anilines is 1. The number of carbonyl (C=O) groups is 3. The van der Waals surface area contributed by atoms with Crippen molar-refractivity contribution in [3.63, 3.8) is 0 Å². The summed E-state index contributed by atoms with van der Waals surface area (Å²) in [5.74, 6) is -1.95. The number of ether oxygens (including phenoxy) is 1. The highest BCUT2D eigenvalue weighted by atomic mass is 16.5. The minimum Gasteiger partial charge on any atom is -0.480 e. The second-order valence-electron chi connectivity index (χ2n) is 6.68. The molecule has 1 N–H and O–H groups in total. The summed E-state index contributed by atoms with van der Waals surface area (Å²) >= 11 is 0. The van der Waals surface area contributed by atoms with E-state index in [2.05, 4.69) is 0 Å². The zero-order chi connectivity index (χ0) is 18.1. The van der Waals surface area contributed by atoms with Gasteiger partial charge in [0, 0.05) is 38.7 Å². The Kier molecular flexibility index (Phi) is 4.76. The minimum atomic E-state index is -1.03. The normalized spacial score (nSPS) is 26.3. The van der Waals surface area contributed by atoms with Crippen LogP contribution < -0.4 is 4.90 Å². The summed E-state index contributed by atoms with van der Waals surface area (Å²) in [7, 11) is 1.51. The van der Waals surface area contributed by atoms with Crippen molar-refractivity contribution in [2.45, 2.75) is 31.9 Å². The molecule has 0 radical (unpaired) electrons. The SMILES string of the molecule is COC1CC(C(=O)O)N(C(=O)C2CC(=O)N(c3ccc(C)cc3)C2)C1. The molecule has 7 nitrogen and oxygen atoms in total. The lowest BCUT2D eigenvalue weighted by molar-refractivity contribution is -0.149. The topological polar surface area (TPSA) is 87.1 Å². The Morgan fingerprint density at radius 3 is 2.48 bits per heavy atom. The Labute approximate surface area is 146 Å². The molecule has 25 heavy (non-hydrogen) atoms. The van der Waals surface area contributed by atoms with E-state index in [1.165, 1.54) is 12.0 Å². The van der Waals surface area contributed by atoms with Crippen LogP contribution in [0.5, 0.6) is 0 Å². The Morgan fingerprint density at radius 1 is 1.20 bits per heavy atom. The van der Waals surface area contributed by atoms with Gasteiger partial charge < -0.3 is 19.6 Å². The molecule has 2 saturated heterocycles. The molecule has 1 aromatic rings. The minimum absolute atomic E-state index is 0.104. The second-order valence-corrected chi connectivity index (χ2v) is 6.68. The number of carboxylic acid groups (broad SMARTS) is 1. The number of aryl methyl sites for hydroxylation is 1. The summed E-state index contributed by atoms with van der Waals surface area (Å²) in [6.45, 7) is 2.50. The molecule has 7 heteroatoms. The van der Waals surface area contributed by atoms with Crippen LogP contribution in [0.25, 0.3) is 0 Å². The maximum absolute atomic E-state index is 12.8. The number of nitrogens with zero attached hydrogens (tertiary/aromatic N) is 2. The van der Waals surface area contributed by atoms with Gasteiger partial charge in [-0.05, 0) is 19.1 Å². The molecule has 3 atom stereocenters. The highest BCUT2D eigenvalue weighted by Crippen LogP contribution is 2.29. The van der Waals surface area contributed by atoms with Crippen molar-refractivity contribution in [1.82, 2.24) is 4.90 Å². The van der Waals surface area contributed by atoms with E-state index in [4.69, 9.17) is 4.74 Å². The lowest BCUT2D eigenvalue weighted by Crippen LogP contribution is -2.44. The van der Waals surface area contributed by atoms with E-state index in [1.807, 2.05) is 31.2 Å². The van der Waals surface area contributed by atoms with Crippen LogP contribution in [-0.4, -0.2) is 60.1 Å². The van der Waals surface area contributed by atoms with Gasteiger partial charge in [-0.1, -0.05) is 17.7 Å². The quantitative estimate of drug-likeness (QED) is 0.880. The average Bonchev–Trinajstić information content (AvgIpc) is 3.19.